The molecular formula is C13H19N3O2S. The van der Waals surface area contributed by atoms with E-state index in [2.05, 4.69) is 29.1 Å². The van der Waals surface area contributed by atoms with Gasteiger partial charge in [0.2, 0.25) is 0 Å². The van der Waals surface area contributed by atoms with E-state index in [1.807, 2.05) is 0 Å². The van der Waals surface area contributed by atoms with Gasteiger partial charge in [-0.05, 0) is 24.6 Å². The molecular weight excluding hydrogens is 262 g/mol. The third-order valence-electron chi connectivity index (χ3n) is 2.87. The van der Waals surface area contributed by atoms with Crippen molar-refractivity contribution in [3.05, 3.63) is 22.8 Å². The number of nitrogens with zero attached hydrogens (tertiary/aromatic N) is 2. The first kappa shape index (κ1) is 14.3. The maximum atomic E-state index is 11.3. The number of nitrogens with one attached hydrogen (secondary N) is 1. The second-order valence-electron chi connectivity index (χ2n) is 5.05. The number of carboxylic acid groups (broad SMARTS) is 1. The summed E-state index contributed by atoms with van der Waals surface area (Å²) in [7, 11) is 0. The van der Waals surface area contributed by atoms with Crippen molar-refractivity contribution in [2.75, 3.05) is 12.3 Å². The molecule has 0 bridgehead atoms. The highest BCUT2D eigenvalue weighted by atomic mass is 32.2. The summed E-state index contributed by atoms with van der Waals surface area (Å²) in [5.41, 5.74) is 1.83. The van der Waals surface area contributed by atoms with E-state index in [1.165, 1.54) is 0 Å². The van der Waals surface area contributed by atoms with E-state index in [-0.39, 0.29) is 5.69 Å². The molecule has 0 radical (unpaired) electrons. The van der Waals surface area contributed by atoms with Crippen LogP contribution in [-0.4, -0.2) is 33.3 Å². The number of carboxylic acids is 1. The van der Waals surface area contributed by atoms with Crippen LogP contribution < -0.4 is 5.32 Å². The Kier molecular flexibility index (Phi) is 4.76. The van der Waals surface area contributed by atoms with Gasteiger partial charge < -0.3 is 10.4 Å². The predicted octanol–water partition coefficient (Wildman–Crippen LogP) is 1.71. The van der Waals surface area contributed by atoms with Crippen LogP contribution in [0.4, 0.5) is 0 Å². The average molecular weight is 281 g/mol. The molecule has 0 amide bonds. The first-order valence-corrected chi connectivity index (χ1v) is 7.63. The first-order valence-electron chi connectivity index (χ1n) is 6.48. The van der Waals surface area contributed by atoms with Crippen molar-refractivity contribution in [2.45, 2.75) is 32.6 Å². The maximum Gasteiger partial charge on any atom is 0.354 e. The van der Waals surface area contributed by atoms with Crippen molar-refractivity contribution in [2.24, 2.45) is 5.92 Å². The summed E-state index contributed by atoms with van der Waals surface area (Å²) < 4.78 is 0. The SMILES string of the molecule is CC(C)CSCc1nc2c(c(C(=O)O)n1)CCNC2. The van der Waals surface area contributed by atoms with Crippen LogP contribution >= 0.6 is 11.8 Å². The molecule has 104 valence electrons. The molecule has 1 aliphatic heterocycles. The monoisotopic (exact) mass is 281 g/mol. The first-order chi connectivity index (χ1) is 9.08. The van der Waals surface area contributed by atoms with Crippen molar-refractivity contribution in [3.8, 4) is 0 Å². The van der Waals surface area contributed by atoms with Crippen LogP contribution in [0.25, 0.3) is 0 Å². The summed E-state index contributed by atoms with van der Waals surface area (Å²) >= 11 is 1.75. The van der Waals surface area contributed by atoms with Crippen molar-refractivity contribution >= 4 is 17.7 Å². The topological polar surface area (TPSA) is 75.1 Å². The highest BCUT2D eigenvalue weighted by Gasteiger charge is 2.21. The fraction of sp³-hybridized carbons (Fsp3) is 0.615. The van der Waals surface area contributed by atoms with Crippen molar-refractivity contribution in [3.63, 3.8) is 0 Å². The fourth-order valence-electron chi connectivity index (χ4n) is 2.04. The van der Waals surface area contributed by atoms with Gasteiger partial charge in [-0.15, -0.1) is 0 Å². The molecule has 5 nitrogen and oxygen atoms in total. The Morgan fingerprint density at radius 1 is 1.47 bits per heavy atom. The van der Waals surface area contributed by atoms with Crippen molar-refractivity contribution < 1.29 is 9.90 Å². The van der Waals surface area contributed by atoms with Crippen LogP contribution in [0.3, 0.4) is 0 Å². The number of hydrogen-bond acceptors (Lipinski definition) is 5. The second-order valence-corrected chi connectivity index (χ2v) is 6.08. The normalized spacial score (nSPS) is 14.5. The summed E-state index contributed by atoms with van der Waals surface area (Å²) in [5.74, 6) is 2.00. The van der Waals surface area contributed by atoms with E-state index in [1.54, 1.807) is 11.8 Å². The molecule has 2 rings (SSSR count). The molecule has 1 aromatic rings. The molecule has 2 N–H and O–H groups in total. The number of carbonyl (C=O) groups is 1. The van der Waals surface area contributed by atoms with Gasteiger partial charge in [0.25, 0.3) is 0 Å². The molecule has 0 atom stereocenters. The van der Waals surface area contributed by atoms with E-state index in [0.29, 0.717) is 30.5 Å². The summed E-state index contributed by atoms with van der Waals surface area (Å²) in [6, 6.07) is 0. The van der Waals surface area contributed by atoms with Gasteiger partial charge in [0.05, 0.1) is 11.4 Å². The quantitative estimate of drug-likeness (QED) is 0.856. The summed E-state index contributed by atoms with van der Waals surface area (Å²) in [6.07, 6.45) is 0.691. The Morgan fingerprint density at radius 3 is 2.95 bits per heavy atom. The molecule has 1 aromatic heterocycles. The molecule has 0 spiro atoms. The summed E-state index contributed by atoms with van der Waals surface area (Å²) in [6.45, 7) is 5.75. The van der Waals surface area contributed by atoms with E-state index in [4.69, 9.17) is 0 Å². The molecule has 0 unspecified atom stereocenters. The molecule has 1 aliphatic rings. The van der Waals surface area contributed by atoms with Gasteiger partial charge in [0.15, 0.2) is 5.69 Å². The fourth-order valence-corrected chi connectivity index (χ4v) is 2.94. The van der Waals surface area contributed by atoms with Crippen LogP contribution in [0.5, 0.6) is 0 Å². The van der Waals surface area contributed by atoms with Crippen LogP contribution in [0.15, 0.2) is 0 Å². The average Bonchev–Trinajstić information content (AvgIpc) is 2.37. The lowest BCUT2D eigenvalue weighted by Gasteiger charge is -2.18. The Labute approximate surface area is 117 Å². The van der Waals surface area contributed by atoms with E-state index >= 15 is 0 Å². The number of hydrogen-bond donors (Lipinski definition) is 2. The predicted molar refractivity (Wildman–Crippen MR) is 75.4 cm³/mol. The maximum absolute atomic E-state index is 11.3. The van der Waals surface area contributed by atoms with Gasteiger partial charge in [-0.3, -0.25) is 0 Å². The van der Waals surface area contributed by atoms with Gasteiger partial charge >= 0.3 is 5.97 Å². The van der Waals surface area contributed by atoms with Crippen LogP contribution in [-0.2, 0) is 18.7 Å². The van der Waals surface area contributed by atoms with Gasteiger partial charge in [0.1, 0.15) is 5.82 Å². The molecule has 0 saturated heterocycles. The van der Waals surface area contributed by atoms with Crippen molar-refractivity contribution in [1.29, 1.82) is 0 Å². The Hall–Kier alpha value is -1.14. The van der Waals surface area contributed by atoms with Gasteiger partial charge in [0, 0.05) is 12.1 Å². The largest absolute Gasteiger partial charge is 0.477 e. The zero-order chi connectivity index (χ0) is 13.8. The van der Waals surface area contributed by atoms with E-state index in [0.717, 1.165) is 23.6 Å². The summed E-state index contributed by atoms with van der Waals surface area (Å²) in [5, 5.41) is 12.5. The van der Waals surface area contributed by atoms with Crippen molar-refractivity contribution in [1.82, 2.24) is 15.3 Å². The third kappa shape index (κ3) is 3.67. The molecule has 2 heterocycles. The smallest absolute Gasteiger partial charge is 0.354 e. The number of aromatic carboxylic acids is 1. The number of rotatable bonds is 5. The second kappa shape index (κ2) is 6.34. The zero-order valence-electron chi connectivity index (χ0n) is 11.3. The molecule has 0 fully saturated rings. The zero-order valence-corrected chi connectivity index (χ0v) is 12.1. The van der Waals surface area contributed by atoms with Gasteiger partial charge in [-0.1, -0.05) is 13.8 Å². The third-order valence-corrected chi connectivity index (χ3v) is 4.23. The lowest BCUT2D eigenvalue weighted by atomic mass is 10.0. The van der Waals surface area contributed by atoms with Gasteiger partial charge in [-0.2, -0.15) is 11.8 Å². The van der Waals surface area contributed by atoms with Gasteiger partial charge in [-0.25, -0.2) is 14.8 Å². The Bertz CT molecular complexity index is 477. The minimum atomic E-state index is -0.948. The number of thioether (sulfide) groups is 1. The standard InChI is InChI=1S/C13H19N3O2S/c1-8(2)6-19-7-11-15-10-5-14-4-3-9(10)12(16-11)13(17)18/h8,14H,3-7H2,1-2H3,(H,17,18). The number of aromatic nitrogens is 2. The van der Waals surface area contributed by atoms with Crippen LogP contribution in [0.2, 0.25) is 0 Å². The molecule has 19 heavy (non-hydrogen) atoms. The molecule has 0 aliphatic carbocycles. The Balaban J connectivity index is 2.20. The highest BCUT2D eigenvalue weighted by molar-refractivity contribution is 7.98. The minimum absolute atomic E-state index is 0.187. The van der Waals surface area contributed by atoms with Crippen LogP contribution in [0, 0.1) is 5.92 Å². The Morgan fingerprint density at radius 2 is 2.26 bits per heavy atom. The molecule has 6 heteroatoms. The minimum Gasteiger partial charge on any atom is -0.477 e. The highest BCUT2D eigenvalue weighted by Crippen LogP contribution is 2.19. The van der Waals surface area contributed by atoms with E-state index < -0.39 is 5.97 Å². The van der Waals surface area contributed by atoms with E-state index in [9.17, 15) is 9.90 Å². The number of fused-ring (bicyclic) bond motifs is 1. The lowest BCUT2D eigenvalue weighted by molar-refractivity contribution is 0.0688. The molecule has 0 saturated carbocycles. The lowest BCUT2D eigenvalue weighted by Crippen LogP contribution is -2.28. The van der Waals surface area contributed by atoms with Crippen LogP contribution in [0.1, 0.15) is 41.4 Å². The summed E-state index contributed by atoms with van der Waals surface area (Å²) in [4.78, 5) is 20.0. The molecule has 0 aromatic carbocycles.